The number of hydrogen-bond acceptors (Lipinski definition) is 4. The fourth-order valence-corrected chi connectivity index (χ4v) is 9.56. The Morgan fingerprint density at radius 2 is 0.984 bits per heavy atom. The van der Waals surface area contributed by atoms with E-state index in [1.54, 1.807) is 0 Å². The first kappa shape index (κ1) is 44.9. The minimum absolute atomic E-state index is 0.0608. The Labute approximate surface area is 366 Å². The first-order valence-electron chi connectivity index (χ1n) is 21.9. The molecular formula is C57H66O4. The van der Waals surface area contributed by atoms with Crippen LogP contribution >= 0.6 is 0 Å². The molecule has 61 heavy (non-hydrogen) atoms. The number of phenols is 1. The van der Waals surface area contributed by atoms with Crippen LogP contribution in [0.5, 0.6) is 23.0 Å². The third kappa shape index (κ3) is 9.20. The molecule has 0 aliphatic carbocycles. The lowest BCUT2D eigenvalue weighted by Crippen LogP contribution is -2.27. The number of aromatic hydroxyl groups is 1. The second kappa shape index (κ2) is 17.4. The van der Waals surface area contributed by atoms with Gasteiger partial charge >= 0.3 is 0 Å². The van der Waals surface area contributed by atoms with E-state index in [1.807, 2.05) is 62.4 Å². The average Bonchev–Trinajstić information content (AvgIpc) is 3.20. The van der Waals surface area contributed by atoms with Crippen LogP contribution in [-0.2, 0) is 11.0 Å². The van der Waals surface area contributed by atoms with Gasteiger partial charge in [0, 0.05) is 28.0 Å². The van der Waals surface area contributed by atoms with Gasteiger partial charge in [-0.15, -0.1) is 0 Å². The van der Waals surface area contributed by atoms with Crippen molar-refractivity contribution in [2.75, 3.05) is 0 Å². The van der Waals surface area contributed by atoms with Crippen LogP contribution in [0, 0.1) is 55.4 Å². The van der Waals surface area contributed by atoms with Gasteiger partial charge in [0.15, 0.2) is 5.78 Å². The molecule has 0 bridgehead atoms. The first-order chi connectivity index (χ1) is 28.6. The summed E-state index contributed by atoms with van der Waals surface area (Å²) in [5.41, 5.74) is 17.0. The molecule has 6 rings (SSSR count). The molecule has 4 nitrogen and oxygen atoms in total. The monoisotopic (exact) mass is 814 g/mol. The summed E-state index contributed by atoms with van der Waals surface area (Å²) < 4.78 is 13.1. The van der Waals surface area contributed by atoms with E-state index in [0.717, 1.165) is 51.1 Å². The van der Waals surface area contributed by atoms with Gasteiger partial charge in [-0.25, -0.2) is 0 Å². The van der Waals surface area contributed by atoms with Crippen LogP contribution in [0.4, 0.5) is 0 Å². The van der Waals surface area contributed by atoms with Gasteiger partial charge in [-0.3, -0.25) is 4.79 Å². The Morgan fingerprint density at radius 3 is 1.43 bits per heavy atom. The maximum atomic E-state index is 13.6. The summed E-state index contributed by atoms with van der Waals surface area (Å²) in [7, 11) is 0. The van der Waals surface area contributed by atoms with Crippen molar-refractivity contribution < 1.29 is 19.4 Å². The molecule has 2 unspecified atom stereocenters. The summed E-state index contributed by atoms with van der Waals surface area (Å²) in [6, 6.07) is 32.8. The number of carbonyl (C=O) groups is 1. The highest BCUT2D eigenvalue weighted by Crippen LogP contribution is 2.41. The minimum Gasteiger partial charge on any atom is -0.507 e. The van der Waals surface area contributed by atoms with Crippen LogP contribution in [0.3, 0.4) is 0 Å². The zero-order chi connectivity index (χ0) is 44.7. The number of ether oxygens (including phenoxy) is 2. The molecule has 0 aliphatic rings. The highest BCUT2D eigenvalue weighted by atomic mass is 16.5. The van der Waals surface area contributed by atoms with Crippen LogP contribution in [0.2, 0.25) is 0 Å². The second-order valence-corrected chi connectivity index (χ2v) is 18.7. The lowest BCUT2D eigenvalue weighted by Gasteiger charge is -2.31. The summed E-state index contributed by atoms with van der Waals surface area (Å²) >= 11 is 0. The van der Waals surface area contributed by atoms with Crippen LogP contribution in [0.15, 0.2) is 97.1 Å². The number of phenolic OH excluding ortho intramolecular Hbond substituents is 1. The third-order valence-corrected chi connectivity index (χ3v) is 13.1. The molecule has 6 aromatic rings. The SMILES string of the molecule is CCC(C)c1c(C)cc(C(C)(C)c2cc(C)c(Oc3ccc(C(=O)c4ccc(OC(C)(C)c5c(C)cc(C(C)c6cc(C)c(O)c(C)c6)cc5C)cc4)cc3)c(C)c2)cc1C. The topological polar surface area (TPSA) is 55.8 Å². The quantitative estimate of drug-likeness (QED) is 0.118. The summed E-state index contributed by atoms with van der Waals surface area (Å²) in [6.07, 6.45) is 1.13. The van der Waals surface area contributed by atoms with Crippen molar-refractivity contribution in [3.63, 3.8) is 0 Å². The predicted octanol–water partition coefficient (Wildman–Crippen LogP) is 15.2. The zero-order valence-corrected chi connectivity index (χ0v) is 39.3. The Bertz CT molecular complexity index is 2490. The van der Waals surface area contributed by atoms with Gasteiger partial charge in [0.25, 0.3) is 0 Å². The molecule has 0 saturated heterocycles. The standard InChI is InChI=1S/C57H66O4/c1-16-33(2)51-34(3)29-47(30-35(51)4)56(12,13)48-31-40(9)55(41(10)32-48)60-49-21-17-43(18-22-49)54(59)44-19-23-50(24-20-44)61-57(14,15)52-36(5)25-45(26-37(52)6)42(11)46-27-38(7)53(58)39(8)28-46/h17-33,42,58H,16H2,1-15H3. The van der Waals surface area contributed by atoms with E-state index in [2.05, 4.69) is 139 Å². The van der Waals surface area contributed by atoms with Crippen molar-refractivity contribution in [1.82, 2.24) is 0 Å². The van der Waals surface area contributed by atoms with Crippen LogP contribution in [-0.4, -0.2) is 10.9 Å². The summed E-state index contributed by atoms with van der Waals surface area (Å²) in [4.78, 5) is 13.6. The van der Waals surface area contributed by atoms with E-state index < -0.39 is 5.60 Å². The van der Waals surface area contributed by atoms with Crippen molar-refractivity contribution in [2.45, 2.75) is 133 Å². The Hall–Kier alpha value is -5.61. The minimum atomic E-state index is -0.617. The predicted molar refractivity (Wildman–Crippen MR) is 254 cm³/mol. The summed E-state index contributed by atoms with van der Waals surface area (Å²) in [5.74, 6) is 3.24. The van der Waals surface area contributed by atoms with Gasteiger partial charge in [0.05, 0.1) is 0 Å². The van der Waals surface area contributed by atoms with Gasteiger partial charge in [-0.2, -0.15) is 0 Å². The van der Waals surface area contributed by atoms with Crippen LogP contribution in [0.25, 0.3) is 0 Å². The maximum absolute atomic E-state index is 13.6. The third-order valence-electron chi connectivity index (χ3n) is 13.1. The number of benzene rings is 6. The number of ketones is 1. The maximum Gasteiger partial charge on any atom is 0.193 e. The number of aryl methyl sites for hydroxylation is 8. The Morgan fingerprint density at radius 1 is 0.574 bits per heavy atom. The molecule has 318 valence electrons. The molecule has 4 heteroatoms. The van der Waals surface area contributed by atoms with Crippen LogP contribution in [0.1, 0.15) is 161 Å². The smallest absolute Gasteiger partial charge is 0.193 e. The average molecular weight is 815 g/mol. The molecule has 6 aromatic carbocycles. The van der Waals surface area contributed by atoms with Crippen molar-refractivity contribution in [3.8, 4) is 23.0 Å². The lowest BCUT2D eigenvalue weighted by atomic mass is 9.75. The highest BCUT2D eigenvalue weighted by Gasteiger charge is 2.29. The van der Waals surface area contributed by atoms with E-state index >= 15 is 0 Å². The fraction of sp³-hybridized carbons (Fsp3) is 0.351. The number of hydrogen-bond donors (Lipinski definition) is 1. The number of rotatable bonds is 13. The molecule has 0 radical (unpaired) electrons. The van der Waals surface area contributed by atoms with Crippen molar-refractivity contribution in [1.29, 1.82) is 0 Å². The van der Waals surface area contributed by atoms with Crippen molar-refractivity contribution in [3.05, 3.63) is 186 Å². The molecular weight excluding hydrogens is 749 g/mol. The summed E-state index contributed by atoms with van der Waals surface area (Å²) in [6.45, 7) is 32.5. The van der Waals surface area contributed by atoms with E-state index in [9.17, 15) is 9.90 Å². The normalized spacial score (nSPS) is 12.9. The van der Waals surface area contributed by atoms with Crippen LogP contribution < -0.4 is 9.47 Å². The molecule has 0 spiro atoms. The van der Waals surface area contributed by atoms with Gasteiger partial charge < -0.3 is 14.6 Å². The molecule has 0 fully saturated rings. The van der Waals surface area contributed by atoms with Gasteiger partial charge in [-0.1, -0.05) is 83.1 Å². The molecule has 2 atom stereocenters. The van der Waals surface area contributed by atoms with Gasteiger partial charge in [-0.05, 0) is 202 Å². The Balaban J connectivity index is 1.13. The van der Waals surface area contributed by atoms with E-state index in [1.165, 1.54) is 38.9 Å². The number of carbonyl (C=O) groups excluding carboxylic acids is 1. The van der Waals surface area contributed by atoms with E-state index in [-0.39, 0.29) is 17.1 Å². The van der Waals surface area contributed by atoms with Gasteiger partial charge in [0.2, 0.25) is 0 Å². The lowest BCUT2D eigenvalue weighted by molar-refractivity contribution is 0.103. The Kier molecular flexibility index (Phi) is 12.8. The van der Waals surface area contributed by atoms with Gasteiger partial charge in [0.1, 0.15) is 28.6 Å². The largest absolute Gasteiger partial charge is 0.507 e. The van der Waals surface area contributed by atoms with Crippen molar-refractivity contribution >= 4 is 5.78 Å². The van der Waals surface area contributed by atoms with E-state index in [4.69, 9.17) is 9.47 Å². The highest BCUT2D eigenvalue weighted by molar-refractivity contribution is 6.09. The summed E-state index contributed by atoms with van der Waals surface area (Å²) in [5, 5.41) is 10.3. The molecule has 0 saturated carbocycles. The van der Waals surface area contributed by atoms with Crippen molar-refractivity contribution in [2.24, 2.45) is 0 Å². The zero-order valence-electron chi connectivity index (χ0n) is 39.3. The molecule has 0 aromatic heterocycles. The first-order valence-corrected chi connectivity index (χ1v) is 21.9. The molecule has 1 N–H and O–H groups in total. The second-order valence-electron chi connectivity index (χ2n) is 18.7. The molecule has 0 aliphatic heterocycles. The fourth-order valence-electron chi connectivity index (χ4n) is 9.56. The molecule has 0 heterocycles. The van der Waals surface area contributed by atoms with E-state index in [0.29, 0.717) is 34.3 Å². The molecule has 0 amide bonds.